The summed E-state index contributed by atoms with van der Waals surface area (Å²) in [7, 11) is 0. The summed E-state index contributed by atoms with van der Waals surface area (Å²) in [4.78, 5) is 29.4. The third-order valence-corrected chi connectivity index (χ3v) is 6.08. The third-order valence-electron chi connectivity index (χ3n) is 6.08. The zero-order valence-corrected chi connectivity index (χ0v) is 17.1. The second kappa shape index (κ2) is 7.98. The summed E-state index contributed by atoms with van der Waals surface area (Å²) in [6, 6.07) is 15.5. The summed E-state index contributed by atoms with van der Waals surface area (Å²) in [5.41, 5.74) is 4.14. The number of rotatable bonds is 3. The number of para-hydroxylation sites is 1. The normalized spacial score (nSPS) is 15.8. The van der Waals surface area contributed by atoms with Crippen LogP contribution in [0.1, 0.15) is 38.5 Å². The Morgan fingerprint density at radius 1 is 0.806 bits per heavy atom. The highest BCUT2D eigenvalue weighted by molar-refractivity contribution is 5.96. The van der Waals surface area contributed by atoms with Crippen LogP contribution >= 0.6 is 0 Å². The molecular formula is C24H23FN4O2. The molecule has 0 atom stereocenters. The molecule has 0 unspecified atom stereocenters. The summed E-state index contributed by atoms with van der Waals surface area (Å²) >= 11 is 0. The average Bonchev–Trinajstić information content (AvgIpc) is 3.42. The fraction of sp³-hybridized carbons (Fsp3) is 0.292. The molecule has 0 spiro atoms. The Morgan fingerprint density at radius 3 is 2.13 bits per heavy atom. The number of hydrogen-bond donors (Lipinski definition) is 0. The van der Waals surface area contributed by atoms with E-state index in [1.54, 1.807) is 9.80 Å². The lowest BCUT2D eigenvalue weighted by Gasteiger charge is -2.34. The van der Waals surface area contributed by atoms with Gasteiger partial charge >= 0.3 is 0 Å². The van der Waals surface area contributed by atoms with Crippen molar-refractivity contribution >= 4 is 11.8 Å². The zero-order chi connectivity index (χ0) is 21.4. The molecule has 1 saturated heterocycles. The molecule has 0 saturated carbocycles. The molecule has 2 aromatic carbocycles. The Hall–Kier alpha value is -3.48. The predicted octanol–water partition coefficient (Wildman–Crippen LogP) is 3.10. The molecule has 1 aliphatic heterocycles. The first kappa shape index (κ1) is 19.5. The lowest BCUT2D eigenvalue weighted by Crippen LogP contribution is -2.50. The maximum atomic E-state index is 13.3. The van der Waals surface area contributed by atoms with Crippen molar-refractivity contribution in [2.75, 3.05) is 26.2 Å². The number of carbonyl (C=O) groups excluding carboxylic acids is 2. The molecule has 31 heavy (non-hydrogen) atoms. The van der Waals surface area contributed by atoms with Gasteiger partial charge in [0.1, 0.15) is 5.82 Å². The van der Waals surface area contributed by atoms with Gasteiger partial charge in [0.2, 0.25) is 0 Å². The number of piperazine rings is 1. The van der Waals surface area contributed by atoms with Crippen molar-refractivity contribution in [2.24, 2.45) is 0 Å². The number of halogens is 1. The van der Waals surface area contributed by atoms with Gasteiger partial charge in [0.15, 0.2) is 5.69 Å². The first-order chi connectivity index (χ1) is 15.1. The number of amides is 2. The van der Waals surface area contributed by atoms with E-state index >= 15 is 0 Å². The Kier molecular flexibility index (Phi) is 5.02. The molecule has 2 amide bonds. The summed E-state index contributed by atoms with van der Waals surface area (Å²) in [5, 5.41) is 4.70. The minimum Gasteiger partial charge on any atom is -0.335 e. The molecule has 1 aromatic heterocycles. The van der Waals surface area contributed by atoms with Crippen molar-refractivity contribution in [3.8, 4) is 5.69 Å². The maximum Gasteiger partial charge on any atom is 0.274 e. The maximum absolute atomic E-state index is 13.3. The van der Waals surface area contributed by atoms with E-state index in [1.807, 2.05) is 35.0 Å². The molecule has 0 radical (unpaired) electrons. The number of hydrogen-bond acceptors (Lipinski definition) is 3. The number of carbonyl (C=O) groups is 2. The topological polar surface area (TPSA) is 58.4 Å². The van der Waals surface area contributed by atoms with E-state index in [4.69, 9.17) is 5.10 Å². The molecule has 0 bridgehead atoms. The first-order valence-electron chi connectivity index (χ1n) is 10.6. The van der Waals surface area contributed by atoms with Gasteiger partial charge in [0, 0.05) is 43.0 Å². The number of nitrogens with zero attached hydrogens (tertiary/aromatic N) is 4. The Bertz CT molecular complexity index is 1120. The monoisotopic (exact) mass is 418 g/mol. The SMILES string of the molecule is O=C(c1ccc(F)cc1)N1CCN(C(=O)c2nn(-c3ccccc3)c3c2CCC3)CC1. The van der Waals surface area contributed by atoms with Gasteiger partial charge in [-0.1, -0.05) is 18.2 Å². The minimum atomic E-state index is -0.366. The summed E-state index contributed by atoms with van der Waals surface area (Å²) in [6.45, 7) is 1.81. The first-order valence-corrected chi connectivity index (χ1v) is 10.6. The number of benzene rings is 2. The van der Waals surface area contributed by atoms with E-state index in [0.717, 1.165) is 36.2 Å². The van der Waals surface area contributed by atoms with Crippen molar-refractivity contribution in [1.29, 1.82) is 0 Å². The summed E-state index contributed by atoms with van der Waals surface area (Å²) < 4.78 is 15.0. The average molecular weight is 418 g/mol. The van der Waals surface area contributed by atoms with Crippen LogP contribution in [0, 0.1) is 5.82 Å². The molecule has 7 heteroatoms. The largest absolute Gasteiger partial charge is 0.335 e. The Balaban J connectivity index is 1.31. The van der Waals surface area contributed by atoms with Crippen LogP contribution in [0.2, 0.25) is 0 Å². The van der Waals surface area contributed by atoms with Crippen LogP contribution in [0.4, 0.5) is 4.39 Å². The molecule has 1 fully saturated rings. The van der Waals surface area contributed by atoms with Crippen LogP contribution in [0.15, 0.2) is 54.6 Å². The van der Waals surface area contributed by atoms with Crippen LogP contribution in [-0.2, 0) is 12.8 Å². The number of aromatic nitrogens is 2. The van der Waals surface area contributed by atoms with E-state index in [2.05, 4.69) is 0 Å². The molecule has 2 aliphatic rings. The highest BCUT2D eigenvalue weighted by Crippen LogP contribution is 2.28. The van der Waals surface area contributed by atoms with Crippen LogP contribution in [0.25, 0.3) is 5.69 Å². The van der Waals surface area contributed by atoms with Gasteiger partial charge in [-0.3, -0.25) is 9.59 Å². The van der Waals surface area contributed by atoms with E-state index < -0.39 is 0 Å². The van der Waals surface area contributed by atoms with Crippen molar-refractivity contribution < 1.29 is 14.0 Å². The number of fused-ring (bicyclic) bond motifs is 1. The Labute approximate surface area is 179 Å². The molecular weight excluding hydrogens is 395 g/mol. The van der Waals surface area contributed by atoms with Gasteiger partial charge in [0.25, 0.3) is 11.8 Å². The van der Waals surface area contributed by atoms with Crippen LogP contribution < -0.4 is 0 Å². The van der Waals surface area contributed by atoms with Gasteiger partial charge in [-0.05, 0) is 55.7 Å². The van der Waals surface area contributed by atoms with Crippen molar-refractivity contribution in [3.05, 3.63) is 82.9 Å². The molecule has 158 valence electrons. The van der Waals surface area contributed by atoms with Crippen LogP contribution in [-0.4, -0.2) is 57.6 Å². The highest BCUT2D eigenvalue weighted by Gasteiger charge is 2.32. The molecule has 6 nitrogen and oxygen atoms in total. The van der Waals surface area contributed by atoms with Gasteiger partial charge in [-0.2, -0.15) is 5.10 Å². The molecule has 0 N–H and O–H groups in total. The molecule has 3 aromatic rings. The van der Waals surface area contributed by atoms with Crippen LogP contribution in [0.3, 0.4) is 0 Å². The van der Waals surface area contributed by atoms with E-state index in [9.17, 15) is 14.0 Å². The van der Waals surface area contributed by atoms with Gasteiger partial charge in [-0.25, -0.2) is 9.07 Å². The van der Waals surface area contributed by atoms with E-state index in [-0.39, 0.29) is 17.6 Å². The fourth-order valence-electron chi connectivity index (χ4n) is 4.43. The molecule has 1 aliphatic carbocycles. The van der Waals surface area contributed by atoms with E-state index in [1.165, 1.54) is 24.3 Å². The zero-order valence-electron chi connectivity index (χ0n) is 17.1. The van der Waals surface area contributed by atoms with Gasteiger partial charge in [-0.15, -0.1) is 0 Å². The van der Waals surface area contributed by atoms with Crippen molar-refractivity contribution in [2.45, 2.75) is 19.3 Å². The van der Waals surface area contributed by atoms with Crippen LogP contribution in [0.5, 0.6) is 0 Å². The van der Waals surface area contributed by atoms with Gasteiger partial charge in [0.05, 0.1) is 5.69 Å². The quantitative estimate of drug-likeness (QED) is 0.657. The summed E-state index contributed by atoms with van der Waals surface area (Å²) in [6.07, 6.45) is 2.82. The summed E-state index contributed by atoms with van der Waals surface area (Å²) in [5.74, 6) is -0.572. The van der Waals surface area contributed by atoms with Gasteiger partial charge < -0.3 is 9.80 Å². The second-order valence-corrected chi connectivity index (χ2v) is 7.97. The fourth-order valence-corrected chi connectivity index (χ4v) is 4.43. The lowest BCUT2D eigenvalue weighted by molar-refractivity contribution is 0.0531. The highest BCUT2D eigenvalue weighted by atomic mass is 19.1. The third kappa shape index (κ3) is 3.60. The minimum absolute atomic E-state index is 0.0679. The van der Waals surface area contributed by atoms with E-state index in [0.29, 0.717) is 37.4 Å². The Morgan fingerprint density at radius 2 is 1.45 bits per heavy atom. The van der Waals surface area contributed by atoms with Crippen molar-refractivity contribution in [3.63, 3.8) is 0 Å². The second-order valence-electron chi connectivity index (χ2n) is 7.97. The smallest absolute Gasteiger partial charge is 0.274 e. The predicted molar refractivity (Wildman–Crippen MR) is 114 cm³/mol. The van der Waals surface area contributed by atoms with Crippen molar-refractivity contribution in [1.82, 2.24) is 19.6 Å². The molecule has 2 heterocycles. The molecule has 5 rings (SSSR count). The standard InChI is InChI=1S/C24H23FN4O2/c25-18-11-9-17(10-12-18)23(30)27-13-15-28(16-14-27)24(31)22-20-7-4-8-21(20)29(26-22)19-5-2-1-3-6-19/h1-3,5-6,9-12H,4,7-8,13-16H2. The lowest BCUT2D eigenvalue weighted by atomic mass is 10.1.